The number of aromatic amines is 1. The van der Waals surface area contributed by atoms with Crippen molar-refractivity contribution in [1.29, 1.82) is 0 Å². The van der Waals surface area contributed by atoms with E-state index in [4.69, 9.17) is 16.3 Å². The van der Waals surface area contributed by atoms with Gasteiger partial charge in [-0.05, 0) is 64.8 Å². The van der Waals surface area contributed by atoms with Crippen LogP contribution in [-0.2, 0) is 23.2 Å². The van der Waals surface area contributed by atoms with Crippen molar-refractivity contribution in [2.45, 2.75) is 59.1 Å². The monoisotopic (exact) mass is 603 g/mol. The minimum absolute atomic E-state index is 0.0474. The number of carbonyl (C=O) groups excluding carboxylic acids is 1. The number of hydrogen-bond donors (Lipinski definition) is 2. The SMILES string of the molecule is CC(C)CN(CC(=O)N(CCc1c[nH]c2ccccc12)Cc1ccc(C(C)(C)C)cc1)C[C@H](O)COc1ccc(Cl)cc1. The van der Waals surface area contributed by atoms with E-state index in [1.807, 2.05) is 28.1 Å². The Balaban J connectivity index is 1.46. The van der Waals surface area contributed by atoms with E-state index in [1.54, 1.807) is 24.3 Å². The van der Waals surface area contributed by atoms with Gasteiger partial charge in [-0.25, -0.2) is 0 Å². The first-order valence-electron chi connectivity index (χ1n) is 15.2. The van der Waals surface area contributed by atoms with Crippen molar-refractivity contribution in [1.82, 2.24) is 14.8 Å². The van der Waals surface area contributed by atoms with Crippen molar-refractivity contribution in [2.75, 3.05) is 32.8 Å². The lowest BCUT2D eigenvalue weighted by molar-refractivity contribution is -0.133. The second-order valence-corrected chi connectivity index (χ2v) is 13.3. The molecule has 0 aliphatic heterocycles. The van der Waals surface area contributed by atoms with Crippen molar-refractivity contribution in [3.05, 3.63) is 101 Å². The normalized spacial score (nSPS) is 12.7. The standard InChI is InChI=1S/C36H46ClN3O3/c1-26(2)21-39(23-31(41)25-43-32-16-14-30(37)15-17-32)24-35(42)40(22-27-10-12-29(13-11-27)36(3,4)5)19-18-28-20-38-34-9-7-6-8-33(28)34/h6-17,20,26,31,38,41H,18-19,21-25H2,1-5H3/t31-/m0/s1. The van der Waals surface area contributed by atoms with E-state index in [0.29, 0.717) is 42.9 Å². The Bertz CT molecular complexity index is 1440. The van der Waals surface area contributed by atoms with Crippen molar-refractivity contribution < 1.29 is 14.6 Å². The van der Waals surface area contributed by atoms with Gasteiger partial charge in [-0.2, -0.15) is 0 Å². The van der Waals surface area contributed by atoms with Crippen LogP contribution in [-0.4, -0.2) is 64.7 Å². The summed E-state index contributed by atoms with van der Waals surface area (Å²) in [6, 6.07) is 24.0. The van der Waals surface area contributed by atoms with Gasteiger partial charge < -0.3 is 19.7 Å². The molecule has 1 aromatic heterocycles. The van der Waals surface area contributed by atoms with Crippen molar-refractivity contribution in [3.8, 4) is 5.75 Å². The zero-order chi connectivity index (χ0) is 31.0. The molecule has 0 aliphatic carbocycles. The van der Waals surface area contributed by atoms with Gasteiger partial charge in [0.25, 0.3) is 0 Å². The van der Waals surface area contributed by atoms with Gasteiger partial charge in [0.1, 0.15) is 18.5 Å². The Morgan fingerprint density at radius 3 is 2.35 bits per heavy atom. The molecule has 0 aliphatic rings. The van der Waals surface area contributed by atoms with Gasteiger partial charge in [-0.3, -0.25) is 9.69 Å². The minimum atomic E-state index is -0.744. The van der Waals surface area contributed by atoms with Gasteiger partial charge in [0.2, 0.25) is 5.91 Å². The first-order valence-corrected chi connectivity index (χ1v) is 15.6. The molecule has 0 bridgehead atoms. The van der Waals surface area contributed by atoms with E-state index in [2.05, 4.69) is 76.0 Å². The smallest absolute Gasteiger partial charge is 0.237 e. The van der Waals surface area contributed by atoms with Crippen LogP contribution in [0.5, 0.6) is 5.75 Å². The summed E-state index contributed by atoms with van der Waals surface area (Å²) in [4.78, 5) is 21.3. The molecule has 0 saturated heterocycles. The highest BCUT2D eigenvalue weighted by Crippen LogP contribution is 2.23. The average Bonchev–Trinajstić information content (AvgIpc) is 3.37. The summed E-state index contributed by atoms with van der Waals surface area (Å²) in [6.45, 7) is 13.4. The second kappa shape index (κ2) is 14.9. The Hall–Kier alpha value is -3.32. The number of carbonyl (C=O) groups is 1. The Kier molecular flexibility index (Phi) is 11.3. The highest BCUT2D eigenvalue weighted by atomic mass is 35.5. The number of hydrogen-bond acceptors (Lipinski definition) is 4. The zero-order valence-electron chi connectivity index (χ0n) is 26.1. The molecule has 0 unspecified atom stereocenters. The number of benzene rings is 3. The van der Waals surface area contributed by atoms with Crippen molar-refractivity contribution in [3.63, 3.8) is 0 Å². The summed E-state index contributed by atoms with van der Waals surface area (Å²) in [5, 5.41) is 12.7. The molecular formula is C36H46ClN3O3. The molecule has 43 heavy (non-hydrogen) atoms. The molecule has 7 heteroatoms. The number of aliphatic hydroxyl groups excluding tert-OH is 1. The summed E-state index contributed by atoms with van der Waals surface area (Å²) in [5.41, 5.74) is 4.74. The fourth-order valence-corrected chi connectivity index (χ4v) is 5.43. The summed E-state index contributed by atoms with van der Waals surface area (Å²) < 4.78 is 5.77. The van der Waals surface area contributed by atoms with Crippen LogP contribution in [0.15, 0.2) is 79.0 Å². The number of nitrogens with one attached hydrogen (secondary N) is 1. The summed E-state index contributed by atoms with van der Waals surface area (Å²) in [6.07, 6.45) is 2.05. The van der Waals surface area contributed by atoms with E-state index < -0.39 is 6.10 Å². The van der Waals surface area contributed by atoms with Crippen LogP contribution in [0.25, 0.3) is 10.9 Å². The molecule has 4 rings (SSSR count). The number of ether oxygens (including phenoxy) is 1. The van der Waals surface area contributed by atoms with Crippen molar-refractivity contribution in [2.24, 2.45) is 5.92 Å². The molecule has 1 atom stereocenters. The van der Waals surface area contributed by atoms with Gasteiger partial charge in [0, 0.05) is 48.3 Å². The van der Waals surface area contributed by atoms with Gasteiger partial charge >= 0.3 is 0 Å². The van der Waals surface area contributed by atoms with Gasteiger partial charge in [-0.15, -0.1) is 0 Å². The third kappa shape index (κ3) is 9.85. The maximum atomic E-state index is 13.9. The Morgan fingerprint density at radius 2 is 1.67 bits per heavy atom. The zero-order valence-corrected chi connectivity index (χ0v) is 26.9. The van der Waals surface area contributed by atoms with E-state index in [0.717, 1.165) is 17.5 Å². The van der Waals surface area contributed by atoms with E-state index in [-0.39, 0.29) is 24.5 Å². The Labute approximate surface area is 261 Å². The first-order chi connectivity index (χ1) is 20.5. The highest BCUT2D eigenvalue weighted by molar-refractivity contribution is 6.30. The average molecular weight is 604 g/mol. The number of nitrogens with zero attached hydrogens (tertiary/aromatic N) is 2. The van der Waals surface area contributed by atoms with Crippen molar-refractivity contribution >= 4 is 28.4 Å². The third-order valence-electron chi connectivity index (χ3n) is 7.58. The number of rotatable bonds is 14. The molecule has 230 valence electrons. The first kappa shape index (κ1) is 32.6. The Morgan fingerprint density at radius 1 is 0.977 bits per heavy atom. The molecule has 0 saturated carbocycles. The molecule has 0 fully saturated rings. The van der Waals surface area contributed by atoms with Crippen LogP contribution in [0.1, 0.15) is 51.3 Å². The van der Waals surface area contributed by atoms with E-state index >= 15 is 0 Å². The number of H-pyrrole nitrogens is 1. The number of aliphatic hydroxyl groups is 1. The lowest BCUT2D eigenvalue weighted by Gasteiger charge is -2.30. The quantitative estimate of drug-likeness (QED) is 0.161. The molecule has 1 amide bonds. The molecule has 3 aromatic carbocycles. The van der Waals surface area contributed by atoms with Gasteiger partial charge in [0.15, 0.2) is 0 Å². The molecule has 1 heterocycles. The lowest BCUT2D eigenvalue weighted by Crippen LogP contribution is -2.45. The largest absolute Gasteiger partial charge is 0.491 e. The number of halogens is 1. The maximum absolute atomic E-state index is 13.9. The number of fused-ring (bicyclic) bond motifs is 1. The summed E-state index contributed by atoms with van der Waals surface area (Å²) >= 11 is 5.97. The second-order valence-electron chi connectivity index (χ2n) is 12.9. The van der Waals surface area contributed by atoms with Crippen LogP contribution in [0.3, 0.4) is 0 Å². The molecule has 6 nitrogen and oxygen atoms in total. The van der Waals surface area contributed by atoms with Crippen LogP contribution >= 0.6 is 11.6 Å². The predicted molar refractivity (Wildman–Crippen MR) is 177 cm³/mol. The number of aromatic nitrogens is 1. The van der Waals surface area contributed by atoms with Gasteiger partial charge in [0.05, 0.1) is 6.54 Å². The third-order valence-corrected chi connectivity index (χ3v) is 7.83. The predicted octanol–water partition coefficient (Wildman–Crippen LogP) is 7.09. The number of amides is 1. The summed E-state index contributed by atoms with van der Waals surface area (Å²) in [7, 11) is 0. The topological polar surface area (TPSA) is 68.8 Å². The molecular weight excluding hydrogens is 558 g/mol. The molecule has 0 spiro atoms. The number of para-hydroxylation sites is 1. The van der Waals surface area contributed by atoms with Crippen LogP contribution < -0.4 is 4.74 Å². The van der Waals surface area contributed by atoms with Gasteiger partial charge in [-0.1, -0.05) is 88.7 Å². The van der Waals surface area contributed by atoms with E-state index in [1.165, 1.54) is 16.5 Å². The maximum Gasteiger partial charge on any atom is 0.237 e. The fourth-order valence-electron chi connectivity index (χ4n) is 5.30. The van der Waals surface area contributed by atoms with Crippen LogP contribution in [0.2, 0.25) is 5.02 Å². The van der Waals surface area contributed by atoms with Crippen LogP contribution in [0.4, 0.5) is 0 Å². The molecule has 0 radical (unpaired) electrons. The van der Waals surface area contributed by atoms with Crippen LogP contribution in [0, 0.1) is 5.92 Å². The highest BCUT2D eigenvalue weighted by Gasteiger charge is 2.22. The minimum Gasteiger partial charge on any atom is -0.491 e. The van der Waals surface area contributed by atoms with E-state index in [9.17, 15) is 9.90 Å². The summed E-state index contributed by atoms with van der Waals surface area (Å²) in [5.74, 6) is 1.03. The molecule has 2 N–H and O–H groups in total. The lowest BCUT2D eigenvalue weighted by atomic mass is 9.87. The molecule has 4 aromatic rings. The fraction of sp³-hybridized carbons (Fsp3) is 0.417.